The first-order valence-corrected chi connectivity index (χ1v) is 6.82. The van der Waals surface area contributed by atoms with E-state index in [0.29, 0.717) is 10.8 Å². The Morgan fingerprint density at radius 1 is 1.20 bits per heavy atom. The number of amides is 1. The van der Waals surface area contributed by atoms with Gasteiger partial charge in [0, 0.05) is 11.2 Å². The molecule has 1 rings (SSSR count). The van der Waals surface area contributed by atoms with Crippen molar-refractivity contribution in [2.75, 3.05) is 4.90 Å². The summed E-state index contributed by atoms with van der Waals surface area (Å²) in [6.07, 6.45) is -0.494. The topological polar surface area (TPSA) is 55.3 Å². The Morgan fingerprint density at radius 3 is 2.15 bits per heavy atom. The van der Waals surface area contributed by atoms with Crippen molar-refractivity contribution in [1.29, 1.82) is 0 Å². The summed E-state index contributed by atoms with van der Waals surface area (Å²) in [6.45, 7) is 12.9. The lowest BCUT2D eigenvalue weighted by Crippen LogP contribution is -2.49. The van der Waals surface area contributed by atoms with Crippen molar-refractivity contribution >= 4 is 23.6 Å². The predicted molar refractivity (Wildman–Crippen MR) is 80.2 cm³/mol. The maximum atomic E-state index is 12.4. The Bertz CT molecular complexity index is 484. The number of carbonyl (C=O) groups excluding carboxylic acids is 1. The summed E-state index contributed by atoms with van der Waals surface area (Å²) in [6, 6.07) is 1.64. The minimum atomic E-state index is -0.589. The molecule has 112 valence electrons. The Morgan fingerprint density at radius 2 is 1.75 bits per heavy atom. The molecular formula is C14H22ClN3O2. The first kappa shape index (κ1) is 16.7. The SMILES string of the molecule is Cc1cc(Cl)nc(N(C(=O)OC(C)(C)C)C(C)(C)C)n1. The van der Waals surface area contributed by atoms with Crippen LogP contribution in [-0.4, -0.2) is 27.2 Å². The van der Waals surface area contributed by atoms with Gasteiger partial charge in [0.15, 0.2) is 0 Å². The van der Waals surface area contributed by atoms with Crippen LogP contribution in [0.15, 0.2) is 6.07 Å². The van der Waals surface area contributed by atoms with Gasteiger partial charge in [0.25, 0.3) is 0 Å². The van der Waals surface area contributed by atoms with Gasteiger partial charge in [-0.3, -0.25) is 0 Å². The van der Waals surface area contributed by atoms with Gasteiger partial charge < -0.3 is 4.74 Å². The summed E-state index contributed by atoms with van der Waals surface area (Å²) in [4.78, 5) is 22.2. The van der Waals surface area contributed by atoms with Crippen LogP contribution in [0.4, 0.5) is 10.7 Å². The maximum Gasteiger partial charge on any atom is 0.417 e. The lowest BCUT2D eigenvalue weighted by Gasteiger charge is -2.35. The van der Waals surface area contributed by atoms with Crippen LogP contribution in [0.1, 0.15) is 47.2 Å². The van der Waals surface area contributed by atoms with Crippen LogP contribution >= 0.6 is 11.6 Å². The van der Waals surface area contributed by atoms with Crippen molar-refractivity contribution in [3.05, 3.63) is 16.9 Å². The van der Waals surface area contributed by atoms with E-state index in [9.17, 15) is 4.79 Å². The van der Waals surface area contributed by atoms with Gasteiger partial charge in [-0.15, -0.1) is 0 Å². The number of anilines is 1. The number of aromatic nitrogens is 2. The highest BCUT2D eigenvalue weighted by molar-refractivity contribution is 6.29. The monoisotopic (exact) mass is 299 g/mol. The molecule has 0 saturated heterocycles. The third-order valence-electron chi connectivity index (χ3n) is 2.26. The van der Waals surface area contributed by atoms with E-state index < -0.39 is 17.2 Å². The highest BCUT2D eigenvalue weighted by Crippen LogP contribution is 2.25. The summed E-state index contributed by atoms with van der Waals surface area (Å²) >= 11 is 5.95. The fourth-order valence-corrected chi connectivity index (χ4v) is 1.81. The van der Waals surface area contributed by atoms with Crippen LogP contribution in [0.5, 0.6) is 0 Å². The molecule has 0 bridgehead atoms. The number of rotatable bonds is 1. The number of ether oxygens (including phenoxy) is 1. The van der Waals surface area contributed by atoms with E-state index in [1.165, 1.54) is 4.90 Å². The minimum Gasteiger partial charge on any atom is -0.443 e. The van der Waals surface area contributed by atoms with E-state index in [1.54, 1.807) is 13.0 Å². The average molecular weight is 300 g/mol. The number of hydrogen-bond acceptors (Lipinski definition) is 4. The molecule has 1 heterocycles. The van der Waals surface area contributed by atoms with Crippen LogP contribution in [-0.2, 0) is 4.74 Å². The normalized spacial score (nSPS) is 12.2. The standard InChI is InChI=1S/C14H22ClN3O2/c1-9-8-10(15)17-11(16-9)18(13(2,3)4)12(19)20-14(5,6)7/h8H,1-7H3. The smallest absolute Gasteiger partial charge is 0.417 e. The fraction of sp³-hybridized carbons (Fsp3) is 0.643. The Labute approximate surface area is 125 Å². The largest absolute Gasteiger partial charge is 0.443 e. The van der Waals surface area contributed by atoms with E-state index in [-0.39, 0.29) is 5.95 Å². The third-order valence-corrected chi connectivity index (χ3v) is 2.45. The molecule has 0 fully saturated rings. The van der Waals surface area contributed by atoms with Gasteiger partial charge in [-0.05, 0) is 54.5 Å². The van der Waals surface area contributed by atoms with Gasteiger partial charge in [0.1, 0.15) is 10.8 Å². The van der Waals surface area contributed by atoms with E-state index in [4.69, 9.17) is 16.3 Å². The second-order valence-electron chi connectivity index (χ2n) is 6.62. The summed E-state index contributed by atoms with van der Waals surface area (Å²) < 4.78 is 5.42. The molecular weight excluding hydrogens is 278 g/mol. The maximum absolute atomic E-state index is 12.4. The van der Waals surface area contributed by atoms with Crippen molar-refractivity contribution in [3.63, 3.8) is 0 Å². The molecule has 0 saturated carbocycles. The van der Waals surface area contributed by atoms with Crippen molar-refractivity contribution in [1.82, 2.24) is 9.97 Å². The molecule has 0 radical (unpaired) electrons. The zero-order valence-corrected chi connectivity index (χ0v) is 13.9. The Balaban J connectivity index is 3.23. The highest BCUT2D eigenvalue weighted by atomic mass is 35.5. The quantitative estimate of drug-likeness (QED) is 0.736. The van der Waals surface area contributed by atoms with Crippen molar-refractivity contribution in [3.8, 4) is 0 Å². The van der Waals surface area contributed by atoms with E-state index in [2.05, 4.69) is 9.97 Å². The lowest BCUT2D eigenvalue weighted by atomic mass is 10.1. The van der Waals surface area contributed by atoms with Crippen molar-refractivity contribution in [2.24, 2.45) is 0 Å². The van der Waals surface area contributed by atoms with Gasteiger partial charge >= 0.3 is 6.09 Å². The average Bonchev–Trinajstić information content (AvgIpc) is 2.08. The summed E-state index contributed by atoms with van der Waals surface area (Å²) in [5.41, 5.74) is -0.425. The Hall–Kier alpha value is -1.36. The third kappa shape index (κ3) is 4.63. The predicted octanol–water partition coefficient (Wildman–Crippen LogP) is 3.98. The van der Waals surface area contributed by atoms with Crippen LogP contribution in [0, 0.1) is 6.92 Å². The number of halogens is 1. The molecule has 0 aliphatic carbocycles. The molecule has 0 spiro atoms. The molecule has 0 aromatic carbocycles. The second kappa shape index (κ2) is 5.56. The van der Waals surface area contributed by atoms with Gasteiger partial charge in [0.05, 0.1) is 0 Å². The number of aryl methyl sites for hydroxylation is 1. The van der Waals surface area contributed by atoms with E-state index in [0.717, 1.165) is 0 Å². The zero-order chi connectivity index (χ0) is 15.7. The molecule has 0 aliphatic heterocycles. The van der Waals surface area contributed by atoms with Crippen molar-refractivity contribution in [2.45, 2.75) is 59.6 Å². The first-order chi connectivity index (χ1) is 8.90. The first-order valence-electron chi connectivity index (χ1n) is 6.44. The molecule has 6 heteroatoms. The molecule has 0 N–H and O–H groups in total. The summed E-state index contributed by atoms with van der Waals surface area (Å²) in [7, 11) is 0. The zero-order valence-electron chi connectivity index (χ0n) is 13.1. The van der Waals surface area contributed by atoms with E-state index in [1.807, 2.05) is 41.5 Å². The number of nitrogens with zero attached hydrogens (tertiary/aromatic N) is 3. The molecule has 5 nitrogen and oxygen atoms in total. The van der Waals surface area contributed by atoms with Crippen LogP contribution in [0.3, 0.4) is 0 Å². The van der Waals surface area contributed by atoms with Crippen LogP contribution in [0.2, 0.25) is 5.15 Å². The lowest BCUT2D eigenvalue weighted by molar-refractivity contribution is 0.0547. The molecule has 0 aliphatic rings. The summed E-state index contributed by atoms with van der Waals surface area (Å²) in [5.74, 6) is 0.247. The molecule has 20 heavy (non-hydrogen) atoms. The fourth-order valence-electron chi connectivity index (χ4n) is 1.58. The Kier molecular flexibility index (Phi) is 4.64. The molecule has 0 unspecified atom stereocenters. The molecule has 1 aromatic rings. The number of carbonyl (C=O) groups is 1. The molecule has 1 aromatic heterocycles. The molecule has 0 atom stereocenters. The highest BCUT2D eigenvalue weighted by Gasteiger charge is 2.34. The number of hydrogen-bond donors (Lipinski definition) is 0. The van der Waals surface area contributed by atoms with Gasteiger partial charge in [-0.2, -0.15) is 0 Å². The second-order valence-corrected chi connectivity index (χ2v) is 7.01. The van der Waals surface area contributed by atoms with Crippen molar-refractivity contribution < 1.29 is 9.53 Å². The van der Waals surface area contributed by atoms with Crippen LogP contribution in [0.25, 0.3) is 0 Å². The van der Waals surface area contributed by atoms with E-state index >= 15 is 0 Å². The molecule has 1 amide bonds. The minimum absolute atomic E-state index is 0.247. The van der Waals surface area contributed by atoms with Crippen LogP contribution < -0.4 is 4.90 Å². The van der Waals surface area contributed by atoms with Gasteiger partial charge in [0.2, 0.25) is 5.95 Å². The summed E-state index contributed by atoms with van der Waals surface area (Å²) in [5, 5.41) is 0.297. The van der Waals surface area contributed by atoms with Gasteiger partial charge in [-0.1, -0.05) is 11.6 Å². The van der Waals surface area contributed by atoms with Gasteiger partial charge in [-0.25, -0.2) is 19.7 Å².